The number of halogens is 3. The van der Waals surface area contributed by atoms with E-state index >= 15 is 0 Å². The van der Waals surface area contributed by atoms with Gasteiger partial charge in [0.2, 0.25) is 5.91 Å². The zero-order valence-electron chi connectivity index (χ0n) is 13.8. The highest BCUT2D eigenvalue weighted by molar-refractivity contribution is 9.11. The topological polar surface area (TPSA) is 55.6 Å². The van der Waals surface area contributed by atoms with Crippen LogP contribution in [0.5, 0.6) is 0 Å². The molecule has 1 fully saturated rings. The molecule has 1 amide bonds. The largest absolute Gasteiger partial charge is 0.397 e. The number of rotatable bonds is 3. The van der Waals surface area contributed by atoms with Crippen molar-refractivity contribution >= 4 is 49.0 Å². The summed E-state index contributed by atoms with van der Waals surface area (Å²) in [5, 5.41) is 0. The number of benzene rings is 2. The highest BCUT2D eigenvalue weighted by Gasteiger charge is 2.18. The molecule has 0 aromatic heterocycles. The predicted molar refractivity (Wildman–Crippen MR) is 107 cm³/mol. The number of nitrogen functional groups attached to an aromatic ring is 1. The Hall–Kier alpha value is -1.70. The molecule has 1 saturated heterocycles. The van der Waals surface area contributed by atoms with E-state index in [-0.39, 0.29) is 11.7 Å². The summed E-state index contributed by atoms with van der Waals surface area (Å²) in [5.74, 6) is -0.427. The molecule has 26 heavy (non-hydrogen) atoms. The third kappa shape index (κ3) is 4.34. The molecule has 0 aliphatic carbocycles. The second kappa shape index (κ2) is 8.33. The number of amides is 1. The van der Waals surface area contributed by atoms with Crippen LogP contribution in [0.4, 0.5) is 10.1 Å². The van der Waals surface area contributed by atoms with Crippen molar-refractivity contribution in [1.29, 1.82) is 0 Å². The maximum Gasteiger partial charge on any atom is 0.247 e. The van der Waals surface area contributed by atoms with Crippen LogP contribution in [0.25, 0.3) is 5.57 Å². The van der Waals surface area contributed by atoms with E-state index in [1.807, 2.05) is 12.1 Å². The van der Waals surface area contributed by atoms with Crippen molar-refractivity contribution in [3.63, 3.8) is 0 Å². The van der Waals surface area contributed by atoms with Crippen molar-refractivity contribution in [3.05, 3.63) is 68.4 Å². The van der Waals surface area contributed by atoms with Gasteiger partial charge in [0.15, 0.2) is 0 Å². The van der Waals surface area contributed by atoms with E-state index in [1.165, 1.54) is 12.1 Å². The molecule has 0 saturated carbocycles. The number of morpholine rings is 1. The second-order valence-electron chi connectivity index (χ2n) is 5.86. The predicted octanol–water partition coefficient (Wildman–Crippen LogP) is 4.22. The zero-order chi connectivity index (χ0) is 18.7. The molecule has 2 aromatic rings. The summed E-state index contributed by atoms with van der Waals surface area (Å²) in [6.45, 7) is 2.18. The first-order chi connectivity index (χ1) is 12.5. The van der Waals surface area contributed by atoms with Crippen molar-refractivity contribution in [2.24, 2.45) is 0 Å². The first-order valence-corrected chi connectivity index (χ1v) is 9.63. The summed E-state index contributed by atoms with van der Waals surface area (Å²) in [6, 6.07) is 9.77. The Morgan fingerprint density at radius 2 is 1.65 bits per heavy atom. The van der Waals surface area contributed by atoms with Gasteiger partial charge in [0.05, 0.1) is 18.9 Å². The Morgan fingerprint density at radius 3 is 2.23 bits per heavy atom. The fraction of sp³-hybridized carbons (Fsp3) is 0.211. The molecule has 3 rings (SSSR count). The SMILES string of the molecule is Nc1c(Br)cc(C(=CC(=O)N2CCOCC2)c2ccc(F)cc2)cc1Br. The normalized spacial score (nSPS) is 15.2. The van der Waals surface area contributed by atoms with Crippen LogP contribution in [0.1, 0.15) is 11.1 Å². The maximum absolute atomic E-state index is 13.3. The maximum atomic E-state index is 13.3. The van der Waals surface area contributed by atoms with Crippen LogP contribution in [0.3, 0.4) is 0 Å². The number of hydrogen-bond acceptors (Lipinski definition) is 3. The van der Waals surface area contributed by atoms with E-state index in [2.05, 4.69) is 31.9 Å². The summed E-state index contributed by atoms with van der Waals surface area (Å²) < 4.78 is 20.1. The van der Waals surface area contributed by atoms with E-state index in [4.69, 9.17) is 10.5 Å². The Kier molecular flexibility index (Phi) is 6.11. The van der Waals surface area contributed by atoms with Crippen LogP contribution in [0.2, 0.25) is 0 Å². The van der Waals surface area contributed by atoms with Crippen LogP contribution in [0.15, 0.2) is 51.4 Å². The number of nitrogens with zero attached hydrogens (tertiary/aromatic N) is 1. The summed E-state index contributed by atoms with van der Waals surface area (Å²) in [5.41, 5.74) is 8.79. The van der Waals surface area contributed by atoms with Gasteiger partial charge in [-0.2, -0.15) is 0 Å². The molecular formula is C19H17Br2FN2O2. The monoisotopic (exact) mass is 482 g/mol. The summed E-state index contributed by atoms with van der Waals surface area (Å²) in [4.78, 5) is 14.5. The average Bonchev–Trinajstić information content (AvgIpc) is 2.65. The summed E-state index contributed by atoms with van der Waals surface area (Å²) in [6.07, 6.45) is 1.59. The molecule has 0 bridgehead atoms. The van der Waals surface area contributed by atoms with Crippen molar-refractivity contribution in [3.8, 4) is 0 Å². The van der Waals surface area contributed by atoms with Gasteiger partial charge in [0, 0.05) is 28.1 Å². The number of nitrogens with two attached hydrogens (primary N) is 1. The van der Waals surface area contributed by atoms with Crippen molar-refractivity contribution in [2.75, 3.05) is 32.0 Å². The third-order valence-electron chi connectivity index (χ3n) is 4.14. The van der Waals surface area contributed by atoms with Crippen molar-refractivity contribution in [2.45, 2.75) is 0 Å². The third-order valence-corrected chi connectivity index (χ3v) is 5.45. The Balaban J connectivity index is 2.05. The molecule has 0 spiro atoms. The summed E-state index contributed by atoms with van der Waals surface area (Å²) >= 11 is 6.88. The lowest BCUT2D eigenvalue weighted by molar-refractivity contribution is -0.129. The van der Waals surface area contributed by atoms with Crippen molar-refractivity contribution in [1.82, 2.24) is 4.90 Å². The van der Waals surface area contributed by atoms with Crippen LogP contribution in [0, 0.1) is 5.82 Å². The van der Waals surface area contributed by atoms with Gasteiger partial charge in [-0.3, -0.25) is 4.79 Å². The highest BCUT2D eigenvalue weighted by Crippen LogP contribution is 2.34. The first-order valence-electron chi connectivity index (χ1n) is 8.05. The fourth-order valence-electron chi connectivity index (χ4n) is 2.70. The van der Waals surface area contributed by atoms with Crippen LogP contribution < -0.4 is 5.73 Å². The first kappa shape index (κ1) is 19.1. The van der Waals surface area contributed by atoms with Crippen LogP contribution in [-0.4, -0.2) is 37.1 Å². The minimum Gasteiger partial charge on any atom is -0.397 e. The molecule has 7 heteroatoms. The molecule has 1 heterocycles. The molecule has 2 aromatic carbocycles. The van der Waals surface area contributed by atoms with Gasteiger partial charge in [-0.25, -0.2) is 4.39 Å². The number of carbonyl (C=O) groups is 1. The van der Waals surface area contributed by atoms with Gasteiger partial charge in [-0.15, -0.1) is 0 Å². The van der Waals surface area contributed by atoms with E-state index in [9.17, 15) is 9.18 Å². The Bertz CT molecular complexity index is 824. The van der Waals surface area contributed by atoms with E-state index < -0.39 is 0 Å². The number of hydrogen-bond donors (Lipinski definition) is 1. The molecule has 2 N–H and O–H groups in total. The Labute approximate surface area is 168 Å². The molecular weight excluding hydrogens is 467 g/mol. The Morgan fingerprint density at radius 1 is 1.08 bits per heavy atom. The van der Waals surface area contributed by atoms with Gasteiger partial charge >= 0.3 is 0 Å². The smallest absolute Gasteiger partial charge is 0.247 e. The fourth-order valence-corrected chi connectivity index (χ4v) is 3.89. The number of ether oxygens (including phenoxy) is 1. The minimum atomic E-state index is -0.327. The highest BCUT2D eigenvalue weighted by atomic mass is 79.9. The van der Waals surface area contributed by atoms with Crippen LogP contribution >= 0.6 is 31.9 Å². The number of anilines is 1. The molecule has 4 nitrogen and oxygen atoms in total. The van der Waals surface area contributed by atoms with E-state index in [0.717, 1.165) is 11.1 Å². The van der Waals surface area contributed by atoms with Gasteiger partial charge in [-0.1, -0.05) is 12.1 Å². The van der Waals surface area contributed by atoms with Gasteiger partial charge in [0.25, 0.3) is 0 Å². The van der Waals surface area contributed by atoms with Gasteiger partial charge in [-0.05, 0) is 72.8 Å². The average molecular weight is 484 g/mol. The number of carbonyl (C=O) groups excluding carboxylic acids is 1. The van der Waals surface area contributed by atoms with Gasteiger partial charge < -0.3 is 15.4 Å². The lowest BCUT2D eigenvalue weighted by Gasteiger charge is -2.26. The second-order valence-corrected chi connectivity index (χ2v) is 7.56. The molecule has 0 radical (unpaired) electrons. The minimum absolute atomic E-state index is 0.100. The zero-order valence-corrected chi connectivity index (χ0v) is 17.0. The molecule has 1 aliphatic rings. The standard InChI is InChI=1S/C19H17Br2FN2O2/c20-16-9-13(10-17(21)19(16)23)15(12-1-3-14(22)4-2-12)11-18(25)24-5-7-26-8-6-24/h1-4,9-11H,5-8,23H2. The summed E-state index contributed by atoms with van der Waals surface area (Å²) in [7, 11) is 0. The van der Waals surface area contributed by atoms with E-state index in [0.29, 0.717) is 46.5 Å². The molecule has 0 unspecified atom stereocenters. The molecule has 0 atom stereocenters. The lowest BCUT2D eigenvalue weighted by Crippen LogP contribution is -2.39. The molecule has 136 valence electrons. The molecule has 1 aliphatic heterocycles. The lowest BCUT2D eigenvalue weighted by atomic mass is 9.97. The van der Waals surface area contributed by atoms with E-state index in [1.54, 1.807) is 23.1 Å². The van der Waals surface area contributed by atoms with Crippen molar-refractivity contribution < 1.29 is 13.9 Å². The van der Waals surface area contributed by atoms with Gasteiger partial charge in [0.1, 0.15) is 5.82 Å². The van der Waals surface area contributed by atoms with Crippen LogP contribution in [-0.2, 0) is 9.53 Å². The quantitative estimate of drug-likeness (QED) is 0.525.